The summed E-state index contributed by atoms with van der Waals surface area (Å²) in [5.74, 6) is 0.247. The summed E-state index contributed by atoms with van der Waals surface area (Å²) in [4.78, 5) is 19.6. The first-order chi connectivity index (χ1) is 7.76. The molecule has 0 bridgehead atoms. The van der Waals surface area contributed by atoms with Gasteiger partial charge in [-0.15, -0.1) is 0 Å². The molecule has 0 saturated carbocycles. The minimum absolute atomic E-state index is 0.281. The van der Waals surface area contributed by atoms with E-state index < -0.39 is 0 Å². The van der Waals surface area contributed by atoms with Crippen LogP contribution in [-0.2, 0) is 22.5 Å². The molecule has 16 heavy (non-hydrogen) atoms. The second-order valence-corrected chi connectivity index (χ2v) is 3.47. The predicted molar refractivity (Wildman–Crippen MR) is 54.9 cm³/mol. The van der Waals surface area contributed by atoms with Gasteiger partial charge in [-0.2, -0.15) is 0 Å². The van der Waals surface area contributed by atoms with Crippen molar-refractivity contribution in [1.82, 2.24) is 15.3 Å². The van der Waals surface area contributed by atoms with Crippen LogP contribution in [0, 0.1) is 0 Å². The molecule has 1 aliphatic heterocycles. The highest BCUT2D eigenvalue weighted by Gasteiger charge is 2.28. The fourth-order valence-electron chi connectivity index (χ4n) is 1.77. The second-order valence-electron chi connectivity index (χ2n) is 3.47. The third-order valence-corrected chi connectivity index (χ3v) is 2.60. The third kappa shape index (κ3) is 1.83. The lowest BCUT2D eigenvalue weighted by Gasteiger charge is -2.23. The molecule has 0 fully saturated rings. The molecule has 2 heterocycles. The molecule has 1 N–H and O–H groups in total. The Morgan fingerprint density at radius 2 is 2.31 bits per heavy atom. The van der Waals surface area contributed by atoms with Crippen LogP contribution < -0.4 is 10.1 Å². The Bertz CT molecular complexity index is 394. The third-order valence-electron chi connectivity index (χ3n) is 2.60. The van der Waals surface area contributed by atoms with Crippen molar-refractivity contribution < 1.29 is 14.3 Å². The van der Waals surface area contributed by atoms with E-state index in [-0.39, 0.29) is 12.0 Å². The Hall–Kier alpha value is -1.69. The zero-order valence-electron chi connectivity index (χ0n) is 9.19. The monoisotopic (exact) mass is 223 g/mol. The smallest absolute Gasteiger partial charge is 0.323 e. The van der Waals surface area contributed by atoms with Gasteiger partial charge in [-0.3, -0.25) is 10.1 Å². The topological polar surface area (TPSA) is 73.3 Å². The molecule has 0 radical (unpaired) electrons. The number of carbonyl (C=O) groups is 1. The number of esters is 1. The van der Waals surface area contributed by atoms with Gasteiger partial charge in [0.1, 0.15) is 12.4 Å². The van der Waals surface area contributed by atoms with E-state index in [0.29, 0.717) is 18.8 Å². The molecule has 0 saturated heterocycles. The summed E-state index contributed by atoms with van der Waals surface area (Å²) in [7, 11) is 2.93. The Balaban J connectivity index is 2.27. The largest absolute Gasteiger partial charge is 0.481 e. The maximum Gasteiger partial charge on any atom is 0.323 e. The van der Waals surface area contributed by atoms with Gasteiger partial charge in [-0.05, 0) is 0 Å². The highest BCUT2D eigenvalue weighted by atomic mass is 16.5. The standard InChI is InChI=1S/C10H13N3O3/c1-15-9-6-3-7(10(14)16-2)11-4-8(6)12-5-13-9/h5,7,11H,3-4H2,1-2H3. The molecule has 1 atom stereocenters. The summed E-state index contributed by atoms with van der Waals surface area (Å²) in [5.41, 5.74) is 1.74. The highest BCUT2D eigenvalue weighted by Crippen LogP contribution is 2.22. The van der Waals surface area contributed by atoms with Crippen LogP contribution in [0.15, 0.2) is 6.33 Å². The van der Waals surface area contributed by atoms with E-state index in [4.69, 9.17) is 9.47 Å². The van der Waals surface area contributed by atoms with Crippen LogP contribution in [0.3, 0.4) is 0 Å². The summed E-state index contributed by atoms with van der Waals surface area (Å²) in [5, 5.41) is 3.06. The second kappa shape index (κ2) is 4.44. The van der Waals surface area contributed by atoms with Gasteiger partial charge in [0.2, 0.25) is 5.88 Å². The summed E-state index contributed by atoms with van der Waals surface area (Å²) < 4.78 is 9.84. The molecule has 6 nitrogen and oxygen atoms in total. The van der Waals surface area contributed by atoms with E-state index >= 15 is 0 Å². The zero-order chi connectivity index (χ0) is 11.5. The quantitative estimate of drug-likeness (QED) is 0.692. The van der Waals surface area contributed by atoms with Crippen molar-refractivity contribution in [2.75, 3.05) is 14.2 Å². The first-order valence-corrected chi connectivity index (χ1v) is 4.94. The van der Waals surface area contributed by atoms with Crippen molar-refractivity contribution in [3.63, 3.8) is 0 Å². The first-order valence-electron chi connectivity index (χ1n) is 4.94. The lowest BCUT2D eigenvalue weighted by Crippen LogP contribution is -2.43. The Labute approximate surface area is 93.0 Å². The molecule has 1 aromatic heterocycles. The van der Waals surface area contributed by atoms with Gasteiger partial charge < -0.3 is 9.47 Å². The molecule has 0 spiro atoms. The van der Waals surface area contributed by atoms with Crippen molar-refractivity contribution in [3.8, 4) is 5.88 Å². The van der Waals surface area contributed by atoms with Crippen molar-refractivity contribution in [3.05, 3.63) is 17.6 Å². The van der Waals surface area contributed by atoms with Crippen molar-refractivity contribution >= 4 is 5.97 Å². The van der Waals surface area contributed by atoms with E-state index in [0.717, 1.165) is 11.3 Å². The van der Waals surface area contributed by atoms with Crippen LogP contribution in [0.1, 0.15) is 11.3 Å². The van der Waals surface area contributed by atoms with Crippen molar-refractivity contribution in [2.24, 2.45) is 0 Å². The van der Waals surface area contributed by atoms with Gasteiger partial charge in [0.25, 0.3) is 0 Å². The lowest BCUT2D eigenvalue weighted by molar-refractivity contribution is -0.143. The fraction of sp³-hybridized carbons (Fsp3) is 0.500. The molecule has 1 aliphatic rings. The first kappa shape index (κ1) is 10.8. The van der Waals surface area contributed by atoms with E-state index in [1.54, 1.807) is 7.11 Å². The van der Waals surface area contributed by atoms with E-state index in [2.05, 4.69) is 15.3 Å². The van der Waals surface area contributed by atoms with Gasteiger partial charge in [0.15, 0.2) is 0 Å². The Morgan fingerprint density at radius 1 is 1.50 bits per heavy atom. The summed E-state index contributed by atoms with van der Waals surface area (Å²) in [6.07, 6.45) is 1.95. The minimum atomic E-state index is -0.350. The zero-order valence-corrected chi connectivity index (χ0v) is 9.19. The van der Waals surface area contributed by atoms with Crippen LogP contribution in [0.5, 0.6) is 5.88 Å². The highest BCUT2D eigenvalue weighted by molar-refractivity contribution is 5.76. The van der Waals surface area contributed by atoms with Crippen LogP contribution in [0.2, 0.25) is 0 Å². The van der Waals surface area contributed by atoms with Gasteiger partial charge in [-0.1, -0.05) is 0 Å². The molecule has 86 valence electrons. The van der Waals surface area contributed by atoms with E-state index in [1.807, 2.05) is 0 Å². The molecule has 0 amide bonds. The summed E-state index contributed by atoms with van der Waals surface area (Å²) in [6, 6.07) is -0.350. The molecule has 0 aliphatic carbocycles. The van der Waals surface area contributed by atoms with Crippen molar-refractivity contribution in [2.45, 2.75) is 19.0 Å². The van der Waals surface area contributed by atoms with Gasteiger partial charge >= 0.3 is 5.97 Å². The van der Waals surface area contributed by atoms with Gasteiger partial charge in [-0.25, -0.2) is 9.97 Å². The average molecular weight is 223 g/mol. The van der Waals surface area contributed by atoms with Crippen LogP contribution >= 0.6 is 0 Å². The van der Waals surface area contributed by atoms with Crippen LogP contribution in [0.25, 0.3) is 0 Å². The molecular weight excluding hydrogens is 210 g/mol. The van der Waals surface area contributed by atoms with E-state index in [9.17, 15) is 4.79 Å². The number of hydrogen-bond acceptors (Lipinski definition) is 6. The summed E-state index contributed by atoms with van der Waals surface area (Å²) in [6.45, 7) is 0.522. The molecule has 1 aromatic rings. The Morgan fingerprint density at radius 3 is 3.00 bits per heavy atom. The van der Waals surface area contributed by atoms with Crippen LogP contribution in [0.4, 0.5) is 0 Å². The van der Waals surface area contributed by atoms with Crippen LogP contribution in [-0.4, -0.2) is 36.2 Å². The molecule has 0 aromatic carbocycles. The maximum atomic E-state index is 11.4. The number of nitrogens with zero attached hydrogens (tertiary/aromatic N) is 2. The minimum Gasteiger partial charge on any atom is -0.481 e. The van der Waals surface area contributed by atoms with E-state index in [1.165, 1.54) is 13.4 Å². The lowest BCUT2D eigenvalue weighted by atomic mass is 10.0. The fourth-order valence-corrected chi connectivity index (χ4v) is 1.77. The average Bonchev–Trinajstić information content (AvgIpc) is 2.36. The number of hydrogen-bond donors (Lipinski definition) is 1. The Kier molecular flexibility index (Phi) is 3.00. The predicted octanol–water partition coefficient (Wildman–Crippen LogP) is -0.328. The number of nitrogens with one attached hydrogen (secondary N) is 1. The summed E-state index contributed by atoms with van der Waals surface area (Å²) >= 11 is 0. The molecule has 2 rings (SSSR count). The molecular formula is C10H13N3O3. The van der Waals surface area contributed by atoms with Gasteiger partial charge in [0, 0.05) is 18.5 Å². The van der Waals surface area contributed by atoms with Gasteiger partial charge in [0.05, 0.1) is 19.9 Å². The number of fused-ring (bicyclic) bond motifs is 1. The number of aromatic nitrogens is 2. The number of ether oxygens (including phenoxy) is 2. The van der Waals surface area contributed by atoms with Crippen molar-refractivity contribution in [1.29, 1.82) is 0 Å². The number of methoxy groups -OCH3 is 2. The normalized spacial score (nSPS) is 18.8. The maximum absolute atomic E-state index is 11.4. The number of carbonyl (C=O) groups excluding carboxylic acids is 1. The molecule has 1 unspecified atom stereocenters. The molecule has 6 heteroatoms. The SMILES string of the molecule is COC(=O)C1Cc2c(ncnc2OC)CN1. The number of rotatable bonds is 2.